The number of thioether (sulfide) groups is 1. The fraction of sp³-hybridized carbons (Fsp3) is 0.364. The monoisotopic (exact) mass is 246 g/mol. The summed E-state index contributed by atoms with van der Waals surface area (Å²) in [5.74, 6) is -3.01. The molecule has 0 spiro atoms. The predicted molar refractivity (Wildman–Crippen MR) is 58.9 cm³/mol. The SMILES string of the molecule is CC(C)(C)Sc1c(F)cc(C(=O)O)cc1F. The van der Waals surface area contributed by atoms with Crippen LogP contribution in [0.25, 0.3) is 0 Å². The Kier molecular flexibility index (Phi) is 3.57. The summed E-state index contributed by atoms with van der Waals surface area (Å²) in [4.78, 5) is 10.4. The summed E-state index contributed by atoms with van der Waals surface area (Å²) in [6.45, 7) is 5.46. The molecule has 0 heterocycles. The molecule has 1 N–H and O–H groups in total. The Morgan fingerprint density at radius 3 is 2.00 bits per heavy atom. The lowest BCUT2D eigenvalue weighted by molar-refractivity contribution is 0.0695. The van der Waals surface area contributed by atoms with Crippen LogP contribution < -0.4 is 0 Å². The van der Waals surface area contributed by atoms with Crippen LogP contribution >= 0.6 is 11.8 Å². The van der Waals surface area contributed by atoms with Gasteiger partial charge in [-0.2, -0.15) is 0 Å². The zero-order valence-electron chi connectivity index (χ0n) is 9.17. The van der Waals surface area contributed by atoms with Gasteiger partial charge in [-0.1, -0.05) is 20.8 Å². The van der Waals surface area contributed by atoms with Gasteiger partial charge in [-0.05, 0) is 12.1 Å². The Hall–Kier alpha value is -1.10. The van der Waals surface area contributed by atoms with E-state index in [1.165, 1.54) is 0 Å². The van der Waals surface area contributed by atoms with Crippen molar-refractivity contribution in [2.75, 3.05) is 0 Å². The van der Waals surface area contributed by atoms with E-state index in [-0.39, 0.29) is 15.2 Å². The van der Waals surface area contributed by atoms with Crippen molar-refractivity contribution in [2.24, 2.45) is 0 Å². The molecule has 0 aromatic heterocycles. The number of carboxylic acids is 1. The van der Waals surface area contributed by atoms with Gasteiger partial charge in [0.25, 0.3) is 0 Å². The Labute approximate surface area is 96.7 Å². The number of rotatable bonds is 2. The first-order valence-electron chi connectivity index (χ1n) is 4.62. The van der Waals surface area contributed by atoms with Gasteiger partial charge in [-0.15, -0.1) is 11.8 Å². The maximum absolute atomic E-state index is 13.5. The first-order chi connectivity index (χ1) is 7.20. The third-order valence-corrected chi connectivity index (χ3v) is 2.86. The molecule has 0 bridgehead atoms. The number of aromatic carboxylic acids is 1. The molecule has 2 nitrogen and oxygen atoms in total. The number of benzene rings is 1. The zero-order chi connectivity index (χ0) is 12.5. The quantitative estimate of drug-likeness (QED) is 0.811. The van der Waals surface area contributed by atoms with Crippen molar-refractivity contribution >= 4 is 17.7 Å². The van der Waals surface area contributed by atoms with E-state index in [0.717, 1.165) is 23.9 Å². The maximum Gasteiger partial charge on any atom is 0.335 e. The molecule has 5 heteroatoms. The highest BCUT2D eigenvalue weighted by Crippen LogP contribution is 2.35. The predicted octanol–water partition coefficient (Wildman–Crippen LogP) is 3.55. The molecule has 0 unspecified atom stereocenters. The van der Waals surface area contributed by atoms with Crippen molar-refractivity contribution in [1.29, 1.82) is 0 Å². The minimum absolute atomic E-state index is 0.141. The van der Waals surface area contributed by atoms with Gasteiger partial charge in [0.05, 0.1) is 10.5 Å². The van der Waals surface area contributed by atoms with E-state index in [1.54, 1.807) is 0 Å². The van der Waals surface area contributed by atoms with Crippen LogP contribution in [0.15, 0.2) is 17.0 Å². The van der Waals surface area contributed by atoms with Crippen molar-refractivity contribution < 1.29 is 18.7 Å². The summed E-state index contributed by atoms with van der Waals surface area (Å²) < 4.78 is 26.6. The number of hydrogen-bond acceptors (Lipinski definition) is 2. The number of hydrogen-bond donors (Lipinski definition) is 1. The Bertz CT molecular complexity index is 401. The molecule has 0 radical (unpaired) electrons. The van der Waals surface area contributed by atoms with Crippen molar-refractivity contribution in [1.82, 2.24) is 0 Å². The number of carbonyl (C=O) groups is 1. The smallest absolute Gasteiger partial charge is 0.335 e. The molecule has 0 saturated heterocycles. The van der Waals surface area contributed by atoms with Gasteiger partial charge in [0.1, 0.15) is 11.6 Å². The lowest BCUT2D eigenvalue weighted by atomic mass is 10.2. The second kappa shape index (κ2) is 4.41. The van der Waals surface area contributed by atoms with E-state index in [9.17, 15) is 13.6 Å². The van der Waals surface area contributed by atoms with Crippen LogP contribution in [0.3, 0.4) is 0 Å². The first kappa shape index (κ1) is 13.0. The Morgan fingerprint density at radius 2 is 1.69 bits per heavy atom. The molecule has 0 fully saturated rings. The minimum Gasteiger partial charge on any atom is -0.478 e. The van der Waals surface area contributed by atoms with E-state index in [0.29, 0.717) is 0 Å². The van der Waals surface area contributed by atoms with Crippen LogP contribution in [0.2, 0.25) is 0 Å². The largest absolute Gasteiger partial charge is 0.478 e. The fourth-order valence-electron chi connectivity index (χ4n) is 1.09. The summed E-state index contributed by atoms with van der Waals surface area (Å²) in [6.07, 6.45) is 0. The lowest BCUT2D eigenvalue weighted by Crippen LogP contribution is -2.09. The molecule has 0 atom stereocenters. The first-order valence-corrected chi connectivity index (χ1v) is 5.44. The molecule has 0 aliphatic rings. The van der Waals surface area contributed by atoms with Crippen LogP contribution in [0.5, 0.6) is 0 Å². The molecule has 88 valence electrons. The zero-order valence-corrected chi connectivity index (χ0v) is 9.99. The molecule has 1 aromatic carbocycles. The van der Waals surface area contributed by atoms with Gasteiger partial charge < -0.3 is 5.11 Å². The van der Waals surface area contributed by atoms with Crippen molar-refractivity contribution in [3.05, 3.63) is 29.3 Å². The number of halogens is 2. The van der Waals surface area contributed by atoms with Crippen molar-refractivity contribution in [3.8, 4) is 0 Å². The van der Waals surface area contributed by atoms with Gasteiger partial charge in [0.15, 0.2) is 0 Å². The summed E-state index contributed by atoms with van der Waals surface area (Å²) in [6, 6.07) is 1.67. The third kappa shape index (κ3) is 3.20. The van der Waals surface area contributed by atoms with Crippen molar-refractivity contribution in [3.63, 3.8) is 0 Å². The Morgan fingerprint density at radius 1 is 1.25 bits per heavy atom. The van der Waals surface area contributed by atoms with Crippen LogP contribution in [0.1, 0.15) is 31.1 Å². The average Bonchev–Trinajstić information content (AvgIpc) is 2.09. The average molecular weight is 246 g/mol. The molecular weight excluding hydrogens is 234 g/mol. The van der Waals surface area contributed by atoms with Crippen LogP contribution in [0.4, 0.5) is 8.78 Å². The van der Waals surface area contributed by atoms with Gasteiger partial charge >= 0.3 is 5.97 Å². The summed E-state index contributed by atoms with van der Waals surface area (Å²) >= 11 is 1.03. The fourth-order valence-corrected chi connectivity index (χ4v) is 2.01. The van der Waals surface area contributed by atoms with Crippen LogP contribution in [-0.2, 0) is 0 Å². The van der Waals surface area contributed by atoms with E-state index in [2.05, 4.69) is 0 Å². The molecular formula is C11H12F2O2S. The van der Waals surface area contributed by atoms with E-state index in [1.807, 2.05) is 20.8 Å². The number of carboxylic acid groups (broad SMARTS) is 1. The highest BCUT2D eigenvalue weighted by atomic mass is 32.2. The lowest BCUT2D eigenvalue weighted by Gasteiger charge is -2.18. The Balaban J connectivity index is 3.18. The van der Waals surface area contributed by atoms with E-state index < -0.39 is 17.6 Å². The highest BCUT2D eigenvalue weighted by Gasteiger charge is 2.20. The molecule has 1 aromatic rings. The summed E-state index contributed by atoms with van der Waals surface area (Å²) in [7, 11) is 0. The normalized spacial score (nSPS) is 11.6. The van der Waals surface area contributed by atoms with Crippen molar-refractivity contribution in [2.45, 2.75) is 30.4 Å². The molecule has 0 aliphatic carbocycles. The third-order valence-electron chi connectivity index (χ3n) is 1.65. The second-order valence-corrected chi connectivity index (χ2v) is 6.13. The van der Waals surface area contributed by atoms with Crippen LogP contribution in [0, 0.1) is 11.6 Å². The molecule has 1 rings (SSSR count). The van der Waals surface area contributed by atoms with Gasteiger partial charge in [-0.25, -0.2) is 13.6 Å². The highest BCUT2D eigenvalue weighted by molar-refractivity contribution is 8.00. The van der Waals surface area contributed by atoms with Gasteiger partial charge in [0, 0.05) is 4.75 Å². The topological polar surface area (TPSA) is 37.3 Å². The van der Waals surface area contributed by atoms with Gasteiger partial charge in [-0.3, -0.25) is 0 Å². The van der Waals surface area contributed by atoms with E-state index in [4.69, 9.17) is 5.11 Å². The molecule has 0 aliphatic heterocycles. The molecule has 0 amide bonds. The molecule has 16 heavy (non-hydrogen) atoms. The second-order valence-electron chi connectivity index (χ2n) is 4.29. The summed E-state index contributed by atoms with van der Waals surface area (Å²) in [5.41, 5.74) is -0.381. The summed E-state index contributed by atoms with van der Waals surface area (Å²) in [5, 5.41) is 8.62. The van der Waals surface area contributed by atoms with Crippen LogP contribution in [-0.4, -0.2) is 15.8 Å². The molecule has 0 saturated carbocycles. The standard InChI is InChI=1S/C11H12F2O2S/c1-11(2,3)16-9-7(12)4-6(10(14)15)5-8(9)13/h4-5H,1-3H3,(H,14,15). The maximum atomic E-state index is 13.5. The minimum atomic E-state index is -1.34. The van der Waals surface area contributed by atoms with Gasteiger partial charge in [0.2, 0.25) is 0 Å². The van der Waals surface area contributed by atoms with E-state index >= 15 is 0 Å².